The first kappa shape index (κ1) is 28.2. The fourth-order valence-electron chi connectivity index (χ4n) is 5.27. The van der Waals surface area contributed by atoms with Crippen molar-refractivity contribution in [3.05, 3.63) is 40.5 Å². The summed E-state index contributed by atoms with van der Waals surface area (Å²) < 4.78 is 11.2. The third-order valence-corrected chi connectivity index (χ3v) is 7.41. The van der Waals surface area contributed by atoms with E-state index in [1.807, 2.05) is 0 Å². The normalized spacial score (nSPS) is 19.6. The molecule has 0 bridgehead atoms. The van der Waals surface area contributed by atoms with Crippen molar-refractivity contribution in [2.75, 3.05) is 19.8 Å². The summed E-state index contributed by atoms with van der Waals surface area (Å²) >= 11 is 0. The van der Waals surface area contributed by atoms with Crippen LogP contribution < -0.4 is 31.9 Å². The van der Waals surface area contributed by atoms with Gasteiger partial charge in [0.25, 0.3) is 5.91 Å². The van der Waals surface area contributed by atoms with Crippen LogP contribution in [0.2, 0.25) is 0 Å². The summed E-state index contributed by atoms with van der Waals surface area (Å²) in [5.41, 5.74) is 0.966. The number of hydrogen-bond acceptors (Lipinski definition) is 6. The third kappa shape index (κ3) is 4.89. The van der Waals surface area contributed by atoms with Gasteiger partial charge in [-0.3, -0.25) is 24.5 Å². The van der Waals surface area contributed by atoms with Crippen LogP contribution >= 0.6 is 0 Å². The van der Waals surface area contributed by atoms with Gasteiger partial charge in [0.2, 0.25) is 17.7 Å². The third-order valence-electron chi connectivity index (χ3n) is 7.41. The topological polar surface area (TPSA) is 105 Å². The molecule has 3 aliphatic heterocycles. The number of fused-ring (bicyclic) bond motifs is 1. The van der Waals surface area contributed by atoms with E-state index in [1.165, 1.54) is 9.80 Å². The lowest BCUT2D eigenvalue weighted by atomic mass is 9.52. The fourth-order valence-corrected chi connectivity index (χ4v) is 5.27. The van der Waals surface area contributed by atoms with Gasteiger partial charge in [0.15, 0.2) is 0 Å². The number of nitrogens with one attached hydrogen (secondary N) is 1. The summed E-state index contributed by atoms with van der Waals surface area (Å²) in [6.07, 6.45) is 0.317. The molecule has 12 radical (unpaired) electrons. The van der Waals surface area contributed by atoms with Crippen molar-refractivity contribution in [3.8, 4) is 5.75 Å². The van der Waals surface area contributed by atoms with Crippen molar-refractivity contribution in [1.82, 2.24) is 15.1 Å². The number of benzene rings is 2. The average Bonchev–Trinajstić information content (AvgIpc) is 3.23. The average molecular weight is 522 g/mol. The highest BCUT2D eigenvalue weighted by Gasteiger charge is 2.41. The smallest absolute Gasteiger partial charge is 0.255 e. The van der Waals surface area contributed by atoms with Gasteiger partial charge in [0, 0.05) is 36.0 Å². The molecule has 0 aromatic heterocycles. The SMILES string of the molecule is [B]c1c([B])c(C([B])([B])Oc2cccc3c2CN(C2CCC(=O)NC2=O)C3=O)c([B])c([B])c1CN1CCOCC1=O. The van der Waals surface area contributed by atoms with Crippen LogP contribution in [0.15, 0.2) is 18.2 Å². The highest BCUT2D eigenvalue weighted by atomic mass is 16.5. The van der Waals surface area contributed by atoms with E-state index in [-0.39, 0.29) is 77.5 Å². The Morgan fingerprint density at radius 2 is 1.73 bits per heavy atom. The van der Waals surface area contributed by atoms with E-state index in [0.29, 0.717) is 29.8 Å². The molecule has 188 valence electrons. The van der Waals surface area contributed by atoms with Crippen LogP contribution in [-0.4, -0.2) is 106 Å². The molecular formula is C25H19B6N3O6. The summed E-state index contributed by atoms with van der Waals surface area (Å²) in [4.78, 5) is 52.3. The van der Waals surface area contributed by atoms with Crippen molar-refractivity contribution in [2.24, 2.45) is 0 Å². The van der Waals surface area contributed by atoms with E-state index < -0.39 is 23.3 Å². The van der Waals surface area contributed by atoms with Gasteiger partial charge in [-0.2, -0.15) is 0 Å². The van der Waals surface area contributed by atoms with E-state index in [9.17, 15) is 19.2 Å². The monoisotopic (exact) mass is 523 g/mol. The first-order chi connectivity index (χ1) is 18.9. The zero-order valence-electron chi connectivity index (χ0n) is 21.6. The van der Waals surface area contributed by atoms with Crippen LogP contribution in [0.5, 0.6) is 5.75 Å². The van der Waals surface area contributed by atoms with E-state index >= 15 is 0 Å². The number of piperidine rings is 1. The van der Waals surface area contributed by atoms with Gasteiger partial charge in [-0.1, -0.05) is 27.9 Å². The molecule has 2 aromatic rings. The number of morpholine rings is 1. The van der Waals surface area contributed by atoms with Crippen LogP contribution in [-0.2, 0) is 37.6 Å². The molecule has 0 saturated carbocycles. The fraction of sp³-hybridized carbons (Fsp3) is 0.360. The molecule has 0 aliphatic carbocycles. The van der Waals surface area contributed by atoms with Crippen molar-refractivity contribution in [1.29, 1.82) is 0 Å². The van der Waals surface area contributed by atoms with Crippen molar-refractivity contribution in [3.63, 3.8) is 0 Å². The molecule has 40 heavy (non-hydrogen) atoms. The second-order valence-electron chi connectivity index (χ2n) is 9.95. The van der Waals surface area contributed by atoms with Gasteiger partial charge in [-0.05, 0) is 29.7 Å². The van der Waals surface area contributed by atoms with Crippen LogP contribution in [0.4, 0.5) is 0 Å². The molecule has 3 aliphatic rings. The van der Waals surface area contributed by atoms with Crippen molar-refractivity contribution in [2.45, 2.75) is 37.4 Å². The molecule has 15 heteroatoms. The first-order valence-electron chi connectivity index (χ1n) is 12.5. The van der Waals surface area contributed by atoms with E-state index in [4.69, 9.17) is 56.6 Å². The number of amides is 4. The zero-order chi connectivity index (χ0) is 28.9. The van der Waals surface area contributed by atoms with Gasteiger partial charge < -0.3 is 19.3 Å². The lowest BCUT2D eigenvalue weighted by molar-refractivity contribution is -0.143. The first-order valence-corrected chi connectivity index (χ1v) is 12.5. The number of carbonyl (C=O) groups is 4. The van der Waals surface area contributed by atoms with Crippen LogP contribution in [0.25, 0.3) is 0 Å². The zero-order valence-corrected chi connectivity index (χ0v) is 21.6. The highest BCUT2D eigenvalue weighted by Crippen LogP contribution is 2.35. The largest absolute Gasteiger partial charge is 0.502 e. The Kier molecular flexibility index (Phi) is 7.46. The molecule has 3 heterocycles. The van der Waals surface area contributed by atoms with E-state index in [2.05, 4.69) is 5.32 Å². The minimum Gasteiger partial charge on any atom is -0.502 e. The molecular weight excluding hydrogens is 503 g/mol. The summed E-state index contributed by atoms with van der Waals surface area (Å²) in [5, 5.41) is 0.112. The van der Waals surface area contributed by atoms with Gasteiger partial charge in [-0.25, -0.2) is 0 Å². The Labute approximate surface area is 239 Å². The summed E-state index contributed by atoms with van der Waals surface area (Å²) in [6.45, 7) is 0.725. The second kappa shape index (κ2) is 10.6. The van der Waals surface area contributed by atoms with Gasteiger partial charge in [0.1, 0.15) is 65.5 Å². The number of nitrogens with zero attached hydrogens (tertiary/aromatic N) is 2. The molecule has 1 atom stereocenters. The van der Waals surface area contributed by atoms with Crippen molar-refractivity contribution >= 4 is 92.6 Å². The molecule has 0 spiro atoms. The predicted molar refractivity (Wildman–Crippen MR) is 151 cm³/mol. The Morgan fingerprint density at radius 3 is 2.38 bits per heavy atom. The second-order valence-corrected chi connectivity index (χ2v) is 9.95. The van der Waals surface area contributed by atoms with Gasteiger partial charge >= 0.3 is 0 Å². The number of imide groups is 1. The number of carbonyl (C=O) groups excluding carboxylic acids is 4. The maximum absolute atomic E-state index is 13.2. The standard InChI is InChI=1S/C25H19B6N3O6/c26-19-13(8-33-6-7-39-10-17(33)36)20(27)22(29)18(21(19)28)25(30,31)40-15-3-1-2-11-12(15)9-34(24(11)38)14-4-5-16(35)32-23(14)37/h1-3,14H,4-10H2,(H,32,35,37). The highest BCUT2D eigenvalue weighted by molar-refractivity contribution is 6.59. The Hall–Kier alpha value is -3.33. The summed E-state index contributed by atoms with van der Waals surface area (Å²) in [6, 6.07) is 3.91. The molecule has 1 unspecified atom stereocenters. The van der Waals surface area contributed by atoms with E-state index in [0.717, 1.165) is 0 Å². The molecule has 2 saturated heterocycles. The molecule has 2 fully saturated rings. The minimum atomic E-state index is -2.15. The number of rotatable bonds is 6. The lowest BCUT2D eigenvalue weighted by Crippen LogP contribution is -2.56. The molecule has 1 N–H and O–H groups in total. The maximum Gasteiger partial charge on any atom is 0.255 e. The number of ether oxygens (including phenoxy) is 2. The molecule has 9 nitrogen and oxygen atoms in total. The Bertz CT molecular complexity index is 1420. The minimum absolute atomic E-state index is 0.0223. The molecule has 5 rings (SSSR count). The Balaban J connectivity index is 1.44. The quantitative estimate of drug-likeness (QED) is 0.303. The number of hydrogen-bond donors (Lipinski definition) is 1. The van der Waals surface area contributed by atoms with Gasteiger partial charge in [0.05, 0.1) is 13.2 Å². The lowest BCUT2D eigenvalue weighted by Gasteiger charge is -2.37. The van der Waals surface area contributed by atoms with Crippen LogP contribution in [0.1, 0.15) is 39.9 Å². The summed E-state index contributed by atoms with van der Waals surface area (Å²) in [5.74, 6) is -1.41. The van der Waals surface area contributed by atoms with Crippen molar-refractivity contribution < 1.29 is 28.7 Å². The molecule has 4 amide bonds. The predicted octanol–water partition coefficient (Wildman–Crippen LogP) is -4.49. The summed E-state index contributed by atoms with van der Waals surface area (Å²) in [7, 11) is 38.2. The van der Waals surface area contributed by atoms with Crippen LogP contribution in [0, 0.1) is 0 Å². The Morgan fingerprint density at radius 1 is 1.02 bits per heavy atom. The molecule has 2 aromatic carbocycles. The van der Waals surface area contributed by atoms with Gasteiger partial charge in [-0.15, -0.1) is 0 Å². The van der Waals surface area contributed by atoms with E-state index in [1.54, 1.807) is 18.2 Å². The van der Waals surface area contributed by atoms with Crippen LogP contribution in [0.3, 0.4) is 0 Å². The maximum atomic E-state index is 13.2.